The van der Waals surface area contributed by atoms with Gasteiger partial charge in [-0.2, -0.15) is 0 Å². The third-order valence-corrected chi connectivity index (χ3v) is 5.18. The highest BCUT2D eigenvalue weighted by atomic mass is 16.2. The molecule has 0 atom stereocenters. The maximum Gasteiger partial charge on any atom is 0.238 e. The molecule has 1 fully saturated rings. The minimum Gasteiger partial charge on any atom is -0.326 e. The van der Waals surface area contributed by atoms with Crippen molar-refractivity contribution < 1.29 is 19.2 Å². The third-order valence-electron chi connectivity index (χ3n) is 5.18. The zero-order chi connectivity index (χ0) is 24.5. The van der Waals surface area contributed by atoms with Gasteiger partial charge in [0.1, 0.15) is 0 Å². The smallest absolute Gasteiger partial charge is 0.238 e. The van der Waals surface area contributed by atoms with Gasteiger partial charge in [0.25, 0.3) is 0 Å². The Morgan fingerprint density at radius 1 is 0.559 bits per heavy atom. The molecule has 0 unspecified atom stereocenters. The lowest BCUT2D eigenvalue weighted by Crippen LogP contribution is -2.50. The predicted molar refractivity (Wildman–Crippen MR) is 132 cm³/mol. The molecule has 180 valence electrons. The number of amides is 4. The zero-order valence-corrected chi connectivity index (χ0v) is 19.4. The number of carbonyl (C=O) groups is 4. The molecule has 10 nitrogen and oxygen atoms in total. The van der Waals surface area contributed by atoms with E-state index in [2.05, 4.69) is 31.1 Å². The van der Waals surface area contributed by atoms with Gasteiger partial charge >= 0.3 is 0 Å². The highest BCUT2D eigenvalue weighted by Gasteiger charge is 2.20. The van der Waals surface area contributed by atoms with Gasteiger partial charge in [0, 0.05) is 62.8 Å². The largest absolute Gasteiger partial charge is 0.326 e. The van der Waals surface area contributed by atoms with Crippen LogP contribution in [0, 0.1) is 0 Å². The molecule has 4 amide bonds. The van der Waals surface area contributed by atoms with Crippen LogP contribution in [-0.4, -0.2) is 72.7 Å². The van der Waals surface area contributed by atoms with Crippen molar-refractivity contribution in [1.82, 2.24) is 9.80 Å². The van der Waals surface area contributed by atoms with E-state index < -0.39 is 0 Å². The van der Waals surface area contributed by atoms with Gasteiger partial charge in [-0.3, -0.25) is 29.0 Å². The van der Waals surface area contributed by atoms with Gasteiger partial charge in [0.2, 0.25) is 23.6 Å². The van der Waals surface area contributed by atoms with Crippen molar-refractivity contribution in [3.63, 3.8) is 0 Å². The Bertz CT molecular complexity index is 931. The summed E-state index contributed by atoms with van der Waals surface area (Å²) in [5, 5.41) is 11.1. The molecule has 0 aliphatic carbocycles. The van der Waals surface area contributed by atoms with Crippen molar-refractivity contribution in [3.05, 3.63) is 48.5 Å². The number of carbonyl (C=O) groups excluding carboxylic acids is 4. The molecule has 0 radical (unpaired) electrons. The lowest BCUT2D eigenvalue weighted by Gasteiger charge is -2.33. The Morgan fingerprint density at radius 3 is 1.09 bits per heavy atom. The summed E-state index contributed by atoms with van der Waals surface area (Å²) in [4.78, 5) is 51.0. The molecule has 1 heterocycles. The van der Waals surface area contributed by atoms with Crippen molar-refractivity contribution in [1.29, 1.82) is 0 Å². The van der Waals surface area contributed by atoms with Crippen LogP contribution in [0.3, 0.4) is 0 Å². The molecular weight excluding hydrogens is 436 g/mol. The van der Waals surface area contributed by atoms with Crippen molar-refractivity contribution >= 4 is 46.4 Å². The van der Waals surface area contributed by atoms with Gasteiger partial charge in [0.05, 0.1) is 13.1 Å². The van der Waals surface area contributed by atoms with Gasteiger partial charge in [-0.25, -0.2) is 0 Å². The van der Waals surface area contributed by atoms with Crippen molar-refractivity contribution in [2.75, 3.05) is 60.5 Å². The monoisotopic (exact) mass is 466 g/mol. The molecule has 0 bridgehead atoms. The highest BCUT2D eigenvalue weighted by Crippen LogP contribution is 2.15. The first kappa shape index (κ1) is 24.9. The summed E-state index contributed by atoms with van der Waals surface area (Å²) in [6.45, 7) is 6.18. The fourth-order valence-electron chi connectivity index (χ4n) is 3.59. The lowest BCUT2D eigenvalue weighted by molar-refractivity contribution is -0.120. The molecule has 1 saturated heterocycles. The van der Waals surface area contributed by atoms with Crippen molar-refractivity contribution in [3.8, 4) is 0 Å². The van der Waals surface area contributed by atoms with Crippen LogP contribution in [0.1, 0.15) is 13.8 Å². The second-order valence-corrected chi connectivity index (χ2v) is 8.17. The summed E-state index contributed by atoms with van der Waals surface area (Å²) in [6, 6.07) is 13.9. The summed E-state index contributed by atoms with van der Waals surface area (Å²) in [6.07, 6.45) is 0. The summed E-state index contributed by atoms with van der Waals surface area (Å²) >= 11 is 0. The summed E-state index contributed by atoms with van der Waals surface area (Å²) in [5.41, 5.74) is 2.68. The summed E-state index contributed by atoms with van der Waals surface area (Å²) in [7, 11) is 0. The molecule has 4 N–H and O–H groups in total. The standard InChI is InChI=1S/C24H30N6O4/c1-17(31)25-19-3-7-21(8-4-19)27-23(33)15-29-11-13-30(14-12-29)16-24(34)28-22-9-5-20(6-10-22)26-18(2)32/h3-10H,11-16H2,1-2H3,(H,25,31)(H,26,32)(H,27,33)(H,28,34). The molecule has 1 aliphatic heterocycles. The van der Waals surface area contributed by atoms with E-state index in [9.17, 15) is 19.2 Å². The van der Waals surface area contributed by atoms with E-state index >= 15 is 0 Å². The van der Waals surface area contributed by atoms with Crippen LogP contribution in [0.2, 0.25) is 0 Å². The van der Waals surface area contributed by atoms with Crippen LogP contribution in [0.15, 0.2) is 48.5 Å². The fourth-order valence-corrected chi connectivity index (χ4v) is 3.59. The number of hydrogen-bond donors (Lipinski definition) is 4. The summed E-state index contributed by atoms with van der Waals surface area (Å²) < 4.78 is 0. The van der Waals surface area contributed by atoms with Crippen LogP contribution in [0.4, 0.5) is 22.7 Å². The number of piperazine rings is 1. The summed E-state index contributed by atoms with van der Waals surface area (Å²) in [5.74, 6) is -0.515. The van der Waals surface area contributed by atoms with Crippen molar-refractivity contribution in [2.24, 2.45) is 0 Å². The molecule has 2 aromatic rings. The first-order valence-corrected chi connectivity index (χ1v) is 11.1. The number of benzene rings is 2. The Labute approximate surface area is 198 Å². The quantitative estimate of drug-likeness (QED) is 0.471. The zero-order valence-electron chi connectivity index (χ0n) is 19.4. The average molecular weight is 467 g/mol. The Kier molecular flexibility index (Phi) is 8.72. The van der Waals surface area contributed by atoms with Crippen LogP contribution in [0.25, 0.3) is 0 Å². The van der Waals surface area contributed by atoms with E-state index in [0.717, 1.165) is 0 Å². The maximum absolute atomic E-state index is 12.4. The first-order valence-electron chi connectivity index (χ1n) is 11.1. The predicted octanol–water partition coefficient (Wildman–Crippen LogP) is 1.80. The van der Waals surface area contributed by atoms with Gasteiger partial charge in [0.15, 0.2) is 0 Å². The molecule has 2 aromatic carbocycles. The number of nitrogens with one attached hydrogen (secondary N) is 4. The Hall–Kier alpha value is -3.76. The fraction of sp³-hybridized carbons (Fsp3) is 0.333. The van der Waals surface area contributed by atoms with E-state index in [-0.39, 0.29) is 36.7 Å². The topological polar surface area (TPSA) is 123 Å². The van der Waals surface area contributed by atoms with E-state index in [0.29, 0.717) is 48.9 Å². The highest BCUT2D eigenvalue weighted by molar-refractivity contribution is 5.94. The SMILES string of the molecule is CC(=O)Nc1ccc(NC(=O)CN2CCN(CC(=O)Nc3ccc(NC(C)=O)cc3)CC2)cc1. The van der Waals surface area contributed by atoms with E-state index in [1.807, 2.05) is 0 Å². The first-order chi connectivity index (χ1) is 16.3. The van der Waals surface area contributed by atoms with E-state index in [4.69, 9.17) is 0 Å². The van der Waals surface area contributed by atoms with Crippen molar-refractivity contribution in [2.45, 2.75) is 13.8 Å². The number of rotatable bonds is 8. The lowest BCUT2D eigenvalue weighted by atomic mass is 10.2. The van der Waals surface area contributed by atoms with Gasteiger partial charge in [-0.1, -0.05) is 0 Å². The molecule has 0 aromatic heterocycles. The molecule has 10 heteroatoms. The minimum atomic E-state index is -0.147. The van der Waals surface area contributed by atoms with E-state index in [1.165, 1.54) is 13.8 Å². The second-order valence-electron chi connectivity index (χ2n) is 8.17. The Balaban J connectivity index is 1.36. The van der Waals surface area contributed by atoms with Crippen LogP contribution in [0.5, 0.6) is 0 Å². The number of nitrogens with zero attached hydrogens (tertiary/aromatic N) is 2. The second kappa shape index (κ2) is 11.9. The van der Waals surface area contributed by atoms with Crippen LogP contribution in [-0.2, 0) is 19.2 Å². The maximum atomic E-state index is 12.4. The third kappa shape index (κ3) is 8.30. The van der Waals surface area contributed by atoms with Gasteiger partial charge < -0.3 is 21.3 Å². The normalized spacial score (nSPS) is 14.2. The van der Waals surface area contributed by atoms with Crippen LogP contribution >= 0.6 is 0 Å². The molecule has 0 saturated carbocycles. The number of hydrogen-bond acceptors (Lipinski definition) is 6. The molecular formula is C24H30N6O4. The average Bonchev–Trinajstić information content (AvgIpc) is 2.77. The molecule has 0 spiro atoms. The molecule has 1 aliphatic rings. The van der Waals surface area contributed by atoms with Gasteiger partial charge in [-0.05, 0) is 48.5 Å². The molecule has 34 heavy (non-hydrogen) atoms. The van der Waals surface area contributed by atoms with Gasteiger partial charge in [-0.15, -0.1) is 0 Å². The molecule has 3 rings (SSSR count). The Morgan fingerprint density at radius 2 is 0.824 bits per heavy atom. The minimum absolute atomic E-state index is 0.110. The van der Waals surface area contributed by atoms with E-state index in [1.54, 1.807) is 48.5 Å². The number of anilines is 4. The van der Waals surface area contributed by atoms with Crippen LogP contribution < -0.4 is 21.3 Å².